The molecule has 3 amide bonds. The van der Waals surface area contributed by atoms with Crippen molar-refractivity contribution in [1.82, 2.24) is 30.4 Å². The summed E-state index contributed by atoms with van der Waals surface area (Å²) in [5.41, 5.74) is 0.269. The second-order valence-corrected chi connectivity index (χ2v) is 11.4. The quantitative estimate of drug-likeness (QED) is 0.500. The molecule has 198 valence electrons. The Bertz CT molecular complexity index is 1440. The van der Waals surface area contributed by atoms with Crippen molar-refractivity contribution in [2.45, 2.75) is 37.9 Å². The number of halogens is 1. The van der Waals surface area contributed by atoms with Gasteiger partial charge in [0.15, 0.2) is 10.8 Å². The molecule has 1 aliphatic carbocycles. The van der Waals surface area contributed by atoms with E-state index in [1.807, 2.05) is 18.0 Å². The van der Waals surface area contributed by atoms with Gasteiger partial charge >= 0.3 is 0 Å². The van der Waals surface area contributed by atoms with E-state index in [0.717, 1.165) is 15.6 Å². The van der Waals surface area contributed by atoms with Crippen LogP contribution in [0.25, 0.3) is 10.8 Å². The molecule has 0 saturated heterocycles. The number of hydrogen-bond donors (Lipinski definition) is 2. The molecular weight excluding hydrogens is 526 g/mol. The third-order valence-electron chi connectivity index (χ3n) is 6.83. The van der Waals surface area contributed by atoms with Crippen LogP contribution in [0.5, 0.6) is 0 Å². The standard InChI is InChI=1S/C26H28ClN7O3S/c1-33(2)26(37)15-5-7-18(30-23(35)20-9-14-4-6-17(27)8-16(14)11-28-20)19(10-15)31-24(36)25-32-22-21(38-25)12-34(3)13-29-22/h4,6,8-9,11,13,15,18-19H,5,7,10,12H2,1-3H3,(H,30,35)(H,31,36)/t15-,18-,19-/m0/s1. The molecule has 10 nitrogen and oxygen atoms in total. The highest BCUT2D eigenvalue weighted by atomic mass is 35.5. The zero-order chi connectivity index (χ0) is 27.0. The number of aliphatic imine (C=N–C) groups is 1. The van der Waals surface area contributed by atoms with E-state index in [-0.39, 0.29) is 35.4 Å². The SMILES string of the molecule is CN1C=Nc2nc(C(=O)N[C@H]3C[C@@H](C(=O)N(C)C)CC[C@@H]3NC(=O)c3cc4ccc(Cl)cc4cn3)sc2C1. The van der Waals surface area contributed by atoms with E-state index in [2.05, 4.69) is 25.6 Å². The number of aromatic nitrogens is 2. The van der Waals surface area contributed by atoms with Gasteiger partial charge in [0, 0.05) is 49.7 Å². The van der Waals surface area contributed by atoms with E-state index in [0.29, 0.717) is 41.7 Å². The van der Waals surface area contributed by atoms with E-state index < -0.39 is 6.04 Å². The van der Waals surface area contributed by atoms with E-state index in [1.165, 1.54) is 11.3 Å². The molecule has 38 heavy (non-hydrogen) atoms. The molecule has 0 unspecified atom stereocenters. The van der Waals surface area contributed by atoms with E-state index in [9.17, 15) is 14.4 Å². The average molecular weight is 554 g/mol. The molecule has 1 saturated carbocycles. The molecule has 1 aromatic carbocycles. The number of pyridine rings is 1. The van der Waals surface area contributed by atoms with Gasteiger partial charge in [0.2, 0.25) is 5.91 Å². The number of fused-ring (bicyclic) bond motifs is 2. The van der Waals surface area contributed by atoms with Crippen LogP contribution in [-0.4, -0.2) is 77.1 Å². The normalized spacial score (nSPS) is 20.6. The van der Waals surface area contributed by atoms with Crippen molar-refractivity contribution in [3.8, 4) is 0 Å². The van der Waals surface area contributed by atoms with Crippen molar-refractivity contribution in [1.29, 1.82) is 0 Å². The first kappa shape index (κ1) is 26.1. The summed E-state index contributed by atoms with van der Waals surface area (Å²) in [6.45, 7) is 0.635. The van der Waals surface area contributed by atoms with Gasteiger partial charge in [-0.25, -0.2) is 9.98 Å². The minimum Gasteiger partial charge on any atom is -0.360 e. The minimum atomic E-state index is -0.458. The molecule has 3 aromatic rings. The number of nitrogens with one attached hydrogen (secondary N) is 2. The van der Waals surface area contributed by atoms with Gasteiger partial charge in [0.1, 0.15) is 5.69 Å². The lowest BCUT2D eigenvalue weighted by Gasteiger charge is -2.37. The molecule has 5 rings (SSSR count). The van der Waals surface area contributed by atoms with Gasteiger partial charge in [-0.1, -0.05) is 17.7 Å². The van der Waals surface area contributed by atoms with E-state index in [4.69, 9.17) is 11.6 Å². The molecule has 2 aromatic heterocycles. The van der Waals surface area contributed by atoms with Crippen LogP contribution in [0.2, 0.25) is 5.02 Å². The molecule has 2 N–H and O–H groups in total. The summed E-state index contributed by atoms with van der Waals surface area (Å²) in [6, 6.07) is 6.28. The Labute approximate surface area is 229 Å². The third-order valence-corrected chi connectivity index (χ3v) is 8.09. The second kappa shape index (κ2) is 10.7. The lowest BCUT2D eigenvalue weighted by Crippen LogP contribution is -2.56. The van der Waals surface area contributed by atoms with Crippen molar-refractivity contribution >= 4 is 63.6 Å². The first-order valence-corrected chi connectivity index (χ1v) is 13.5. The summed E-state index contributed by atoms with van der Waals surface area (Å²) in [4.78, 5) is 56.6. The van der Waals surface area contributed by atoms with Crippen LogP contribution in [0.1, 0.15) is 44.4 Å². The zero-order valence-electron chi connectivity index (χ0n) is 21.3. The number of carbonyl (C=O) groups is 3. The molecule has 0 radical (unpaired) electrons. The van der Waals surface area contributed by atoms with Gasteiger partial charge in [-0.05, 0) is 42.8 Å². The molecule has 2 aliphatic rings. The predicted molar refractivity (Wildman–Crippen MR) is 147 cm³/mol. The largest absolute Gasteiger partial charge is 0.360 e. The molecule has 12 heteroatoms. The summed E-state index contributed by atoms with van der Waals surface area (Å²) in [7, 11) is 5.35. The lowest BCUT2D eigenvalue weighted by atomic mass is 9.81. The zero-order valence-corrected chi connectivity index (χ0v) is 22.8. The summed E-state index contributed by atoms with van der Waals surface area (Å²) >= 11 is 7.36. The van der Waals surface area contributed by atoms with Crippen molar-refractivity contribution in [2.24, 2.45) is 10.9 Å². The highest BCUT2D eigenvalue weighted by molar-refractivity contribution is 7.14. The van der Waals surface area contributed by atoms with Crippen LogP contribution in [0.3, 0.4) is 0 Å². The maximum atomic E-state index is 13.2. The average Bonchev–Trinajstić information content (AvgIpc) is 3.32. The van der Waals surface area contributed by atoms with Crippen molar-refractivity contribution in [3.05, 3.63) is 51.1 Å². The van der Waals surface area contributed by atoms with Crippen LogP contribution in [0.4, 0.5) is 5.82 Å². The minimum absolute atomic E-state index is 0.00553. The number of benzene rings is 1. The topological polar surface area (TPSA) is 120 Å². The van der Waals surface area contributed by atoms with Gasteiger partial charge in [-0.2, -0.15) is 0 Å². The number of nitrogens with zero attached hydrogens (tertiary/aromatic N) is 5. The van der Waals surface area contributed by atoms with Crippen LogP contribution < -0.4 is 10.6 Å². The Kier molecular flexibility index (Phi) is 7.31. The molecule has 1 fully saturated rings. The van der Waals surface area contributed by atoms with Crippen molar-refractivity contribution < 1.29 is 14.4 Å². The van der Waals surface area contributed by atoms with Gasteiger partial charge < -0.3 is 20.4 Å². The number of amides is 3. The maximum Gasteiger partial charge on any atom is 0.280 e. The third kappa shape index (κ3) is 5.48. The summed E-state index contributed by atoms with van der Waals surface area (Å²) in [6.07, 6.45) is 4.84. The Hall–Kier alpha value is -3.57. The maximum absolute atomic E-state index is 13.2. The first-order chi connectivity index (χ1) is 18.2. The van der Waals surface area contributed by atoms with Crippen LogP contribution in [0, 0.1) is 5.92 Å². The molecule has 3 heterocycles. The molecule has 0 spiro atoms. The fraction of sp³-hybridized carbons (Fsp3) is 0.385. The molecule has 3 atom stereocenters. The van der Waals surface area contributed by atoms with Crippen LogP contribution in [-0.2, 0) is 11.3 Å². The van der Waals surface area contributed by atoms with Crippen LogP contribution in [0.15, 0.2) is 35.5 Å². The fourth-order valence-corrected chi connectivity index (χ4v) is 6.02. The highest BCUT2D eigenvalue weighted by Gasteiger charge is 2.37. The Morgan fingerprint density at radius 2 is 1.87 bits per heavy atom. The number of rotatable bonds is 5. The summed E-state index contributed by atoms with van der Waals surface area (Å²) < 4.78 is 0. The smallest absolute Gasteiger partial charge is 0.280 e. The number of hydrogen-bond acceptors (Lipinski definition) is 8. The van der Waals surface area contributed by atoms with E-state index in [1.54, 1.807) is 49.7 Å². The van der Waals surface area contributed by atoms with Crippen molar-refractivity contribution in [2.75, 3.05) is 21.1 Å². The molecule has 0 bridgehead atoms. The number of thiazole rings is 1. The number of carbonyl (C=O) groups excluding carboxylic acids is 3. The predicted octanol–water partition coefficient (Wildman–Crippen LogP) is 3.24. The Morgan fingerprint density at radius 3 is 2.66 bits per heavy atom. The summed E-state index contributed by atoms with van der Waals surface area (Å²) in [5.74, 6) is -0.382. The van der Waals surface area contributed by atoms with Crippen molar-refractivity contribution in [3.63, 3.8) is 0 Å². The second-order valence-electron chi connectivity index (χ2n) is 9.89. The fourth-order valence-electron chi connectivity index (χ4n) is 4.87. The first-order valence-electron chi connectivity index (χ1n) is 12.3. The monoisotopic (exact) mass is 553 g/mol. The van der Waals surface area contributed by atoms with Gasteiger partial charge in [0.05, 0.1) is 23.8 Å². The van der Waals surface area contributed by atoms with Gasteiger partial charge in [0.25, 0.3) is 11.8 Å². The molecule has 1 aliphatic heterocycles. The van der Waals surface area contributed by atoms with Crippen LogP contribution >= 0.6 is 22.9 Å². The lowest BCUT2D eigenvalue weighted by molar-refractivity contribution is -0.134. The summed E-state index contributed by atoms with van der Waals surface area (Å²) in [5, 5.41) is 8.68. The van der Waals surface area contributed by atoms with Gasteiger partial charge in [-0.15, -0.1) is 11.3 Å². The molecular formula is C26H28ClN7O3S. The highest BCUT2D eigenvalue weighted by Crippen LogP contribution is 2.31. The Morgan fingerprint density at radius 1 is 1.08 bits per heavy atom. The van der Waals surface area contributed by atoms with E-state index >= 15 is 0 Å². The van der Waals surface area contributed by atoms with Gasteiger partial charge in [-0.3, -0.25) is 19.4 Å². The Balaban J connectivity index is 1.34.